The van der Waals surface area contributed by atoms with Crippen LogP contribution in [-0.2, 0) is 0 Å². The van der Waals surface area contributed by atoms with Crippen molar-refractivity contribution in [3.05, 3.63) is 30.0 Å². The second kappa shape index (κ2) is 3.37. The Morgan fingerprint density at radius 2 is 2.25 bits per heavy atom. The molecule has 3 nitrogen and oxygen atoms in total. The Morgan fingerprint density at radius 3 is 2.88 bits per heavy atom. The maximum atomic E-state index is 11.0. The first-order valence-corrected chi connectivity index (χ1v) is 5.47. The molecule has 3 rings (SSSR count). The van der Waals surface area contributed by atoms with Gasteiger partial charge in [0, 0.05) is 29.3 Å². The van der Waals surface area contributed by atoms with Crippen molar-refractivity contribution in [2.75, 3.05) is 7.11 Å². The number of nitrogens with zero attached hydrogens (tertiary/aromatic N) is 1. The average molecular weight is 215 g/mol. The van der Waals surface area contributed by atoms with Crippen molar-refractivity contribution in [3.63, 3.8) is 0 Å². The maximum absolute atomic E-state index is 11.0. The number of aldehydes is 1. The molecule has 1 aliphatic carbocycles. The van der Waals surface area contributed by atoms with Gasteiger partial charge in [-0.05, 0) is 25.0 Å². The number of hydrogen-bond donors (Lipinski definition) is 0. The molecule has 2 aromatic rings. The quantitative estimate of drug-likeness (QED) is 0.737. The van der Waals surface area contributed by atoms with Crippen LogP contribution in [0.5, 0.6) is 5.75 Å². The molecule has 1 saturated carbocycles. The van der Waals surface area contributed by atoms with E-state index in [0.29, 0.717) is 6.04 Å². The zero-order valence-corrected chi connectivity index (χ0v) is 9.14. The van der Waals surface area contributed by atoms with Gasteiger partial charge in [0.25, 0.3) is 0 Å². The topological polar surface area (TPSA) is 31.2 Å². The van der Waals surface area contributed by atoms with E-state index in [-0.39, 0.29) is 0 Å². The molecular formula is C13H13NO2. The highest BCUT2D eigenvalue weighted by Gasteiger charge is 2.25. The van der Waals surface area contributed by atoms with Crippen LogP contribution in [0.1, 0.15) is 29.2 Å². The summed E-state index contributed by atoms with van der Waals surface area (Å²) in [6, 6.07) is 6.42. The van der Waals surface area contributed by atoms with E-state index < -0.39 is 0 Å². The Balaban J connectivity index is 2.27. The van der Waals surface area contributed by atoms with E-state index in [9.17, 15) is 4.79 Å². The Kier molecular flexibility index (Phi) is 1.99. The number of benzene rings is 1. The number of hydrogen-bond acceptors (Lipinski definition) is 2. The fourth-order valence-electron chi connectivity index (χ4n) is 2.13. The van der Waals surface area contributed by atoms with Crippen molar-refractivity contribution < 1.29 is 9.53 Å². The molecule has 1 aromatic heterocycles. The fourth-order valence-corrected chi connectivity index (χ4v) is 2.13. The predicted molar refractivity (Wildman–Crippen MR) is 62.1 cm³/mol. The summed E-state index contributed by atoms with van der Waals surface area (Å²) in [5, 5.41) is 1.02. The number of aromatic nitrogens is 1. The highest BCUT2D eigenvalue weighted by Crippen LogP contribution is 2.39. The third-order valence-electron chi connectivity index (χ3n) is 3.14. The minimum atomic E-state index is 0.573. The van der Waals surface area contributed by atoms with Gasteiger partial charge in [0.2, 0.25) is 0 Å². The molecule has 0 unspecified atom stereocenters. The van der Waals surface area contributed by atoms with Gasteiger partial charge in [0.15, 0.2) is 6.29 Å². The molecule has 82 valence electrons. The summed E-state index contributed by atoms with van der Waals surface area (Å²) < 4.78 is 7.41. The zero-order valence-electron chi connectivity index (χ0n) is 9.14. The molecular weight excluding hydrogens is 202 g/mol. The van der Waals surface area contributed by atoms with E-state index in [0.717, 1.165) is 28.5 Å². The molecule has 3 heteroatoms. The van der Waals surface area contributed by atoms with Gasteiger partial charge in [0.1, 0.15) is 5.75 Å². The van der Waals surface area contributed by atoms with E-state index >= 15 is 0 Å². The standard InChI is InChI=1S/C13H13NO2/c1-16-11-4-5-12-9(8-15)7-14(10-2-3-10)13(12)6-11/h4-8,10H,2-3H2,1H3. The average Bonchev–Trinajstić information content (AvgIpc) is 3.10. The van der Waals surface area contributed by atoms with Crippen molar-refractivity contribution in [2.24, 2.45) is 0 Å². The van der Waals surface area contributed by atoms with Crippen molar-refractivity contribution in [1.82, 2.24) is 4.57 Å². The lowest BCUT2D eigenvalue weighted by Crippen LogP contribution is -1.91. The third-order valence-corrected chi connectivity index (χ3v) is 3.14. The minimum absolute atomic E-state index is 0.573. The van der Waals surface area contributed by atoms with Crippen LogP contribution in [0.25, 0.3) is 10.9 Å². The lowest BCUT2D eigenvalue weighted by Gasteiger charge is -2.04. The highest BCUT2D eigenvalue weighted by molar-refractivity contribution is 5.98. The molecule has 16 heavy (non-hydrogen) atoms. The lowest BCUT2D eigenvalue weighted by molar-refractivity contribution is 0.112. The van der Waals surface area contributed by atoms with Crippen molar-refractivity contribution in [1.29, 1.82) is 0 Å². The predicted octanol–water partition coefficient (Wildman–Crippen LogP) is 2.80. The van der Waals surface area contributed by atoms with Gasteiger partial charge >= 0.3 is 0 Å². The van der Waals surface area contributed by atoms with Crippen LogP contribution in [0.15, 0.2) is 24.4 Å². The number of rotatable bonds is 3. The number of ether oxygens (including phenoxy) is 1. The maximum Gasteiger partial charge on any atom is 0.152 e. The number of carbonyl (C=O) groups excluding carboxylic acids is 1. The van der Waals surface area contributed by atoms with Gasteiger partial charge < -0.3 is 9.30 Å². The molecule has 0 spiro atoms. The smallest absolute Gasteiger partial charge is 0.152 e. The summed E-state index contributed by atoms with van der Waals surface area (Å²) in [7, 11) is 1.66. The first kappa shape index (κ1) is 9.46. The summed E-state index contributed by atoms with van der Waals surface area (Å²) in [6.45, 7) is 0. The summed E-state index contributed by atoms with van der Waals surface area (Å²) in [5.41, 5.74) is 1.87. The van der Waals surface area contributed by atoms with E-state index in [1.807, 2.05) is 24.4 Å². The van der Waals surface area contributed by atoms with Crippen LogP contribution in [0, 0.1) is 0 Å². The van der Waals surface area contributed by atoms with E-state index in [1.165, 1.54) is 12.8 Å². The molecule has 0 radical (unpaired) electrons. The Morgan fingerprint density at radius 1 is 1.44 bits per heavy atom. The molecule has 0 N–H and O–H groups in total. The largest absolute Gasteiger partial charge is 0.497 e. The fraction of sp³-hybridized carbons (Fsp3) is 0.308. The number of methoxy groups -OCH3 is 1. The van der Waals surface area contributed by atoms with Crippen LogP contribution in [0.4, 0.5) is 0 Å². The van der Waals surface area contributed by atoms with Crippen LogP contribution in [0.2, 0.25) is 0 Å². The Bertz CT molecular complexity index is 552. The molecule has 0 amide bonds. The summed E-state index contributed by atoms with van der Waals surface area (Å²) >= 11 is 0. The van der Waals surface area contributed by atoms with Gasteiger partial charge in [-0.15, -0.1) is 0 Å². The first-order chi connectivity index (χ1) is 7.83. The second-order valence-electron chi connectivity index (χ2n) is 4.22. The van der Waals surface area contributed by atoms with Crippen LogP contribution < -0.4 is 4.74 Å². The molecule has 1 heterocycles. The zero-order chi connectivity index (χ0) is 11.1. The van der Waals surface area contributed by atoms with Crippen molar-refractivity contribution in [3.8, 4) is 5.75 Å². The van der Waals surface area contributed by atoms with Gasteiger partial charge in [-0.1, -0.05) is 0 Å². The minimum Gasteiger partial charge on any atom is -0.497 e. The lowest BCUT2D eigenvalue weighted by atomic mass is 10.2. The number of fused-ring (bicyclic) bond motifs is 1. The molecule has 0 saturated heterocycles. The second-order valence-corrected chi connectivity index (χ2v) is 4.22. The van der Waals surface area contributed by atoms with Crippen LogP contribution >= 0.6 is 0 Å². The van der Waals surface area contributed by atoms with Gasteiger partial charge in [-0.25, -0.2) is 0 Å². The van der Waals surface area contributed by atoms with Crippen molar-refractivity contribution in [2.45, 2.75) is 18.9 Å². The summed E-state index contributed by atoms with van der Waals surface area (Å²) in [4.78, 5) is 11.0. The highest BCUT2D eigenvalue weighted by atomic mass is 16.5. The van der Waals surface area contributed by atoms with Crippen LogP contribution in [-0.4, -0.2) is 18.0 Å². The summed E-state index contributed by atoms with van der Waals surface area (Å²) in [5.74, 6) is 0.838. The molecule has 0 atom stereocenters. The third kappa shape index (κ3) is 1.32. The van der Waals surface area contributed by atoms with Gasteiger partial charge in [-0.3, -0.25) is 4.79 Å². The first-order valence-electron chi connectivity index (χ1n) is 5.47. The van der Waals surface area contributed by atoms with Gasteiger partial charge in [0.05, 0.1) is 12.6 Å². The van der Waals surface area contributed by atoms with Crippen LogP contribution in [0.3, 0.4) is 0 Å². The molecule has 1 aliphatic rings. The Hall–Kier alpha value is -1.77. The number of carbonyl (C=O) groups is 1. The normalized spacial score (nSPS) is 15.3. The SMILES string of the molecule is COc1ccc2c(C=O)cn(C3CC3)c2c1. The van der Waals surface area contributed by atoms with Crippen molar-refractivity contribution >= 4 is 17.2 Å². The molecule has 1 fully saturated rings. The Labute approximate surface area is 93.6 Å². The molecule has 1 aromatic carbocycles. The molecule has 0 bridgehead atoms. The van der Waals surface area contributed by atoms with E-state index in [4.69, 9.17) is 4.74 Å². The monoisotopic (exact) mass is 215 g/mol. The molecule has 0 aliphatic heterocycles. The van der Waals surface area contributed by atoms with Gasteiger partial charge in [-0.2, -0.15) is 0 Å². The summed E-state index contributed by atoms with van der Waals surface area (Å²) in [6.07, 6.45) is 5.29. The van der Waals surface area contributed by atoms with E-state index in [1.54, 1.807) is 7.11 Å². The van der Waals surface area contributed by atoms with E-state index in [2.05, 4.69) is 4.57 Å².